The molecule has 4 rings (SSSR count). The summed E-state index contributed by atoms with van der Waals surface area (Å²) in [4.78, 5) is 23.0. The number of benzene rings is 1. The van der Waals surface area contributed by atoms with Gasteiger partial charge in [-0.25, -0.2) is 0 Å². The minimum absolute atomic E-state index is 0.181. The number of amides is 2. The van der Waals surface area contributed by atoms with Gasteiger partial charge < -0.3 is 4.74 Å². The van der Waals surface area contributed by atoms with Crippen molar-refractivity contribution < 1.29 is 14.3 Å². The summed E-state index contributed by atoms with van der Waals surface area (Å²) < 4.78 is 6.10. The van der Waals surface area contributed by atoms with Crippen molar-refractivity contribution in [3.63, 3.8) is 0 Å². The van der Waals surface area contributed by atoms with Gasteiger partial charge >= 0.3 is 0 Å². The van der Waals surface area contributed by atoms with E-state index >= 15 is 0 Å². The number of nitrogens with one attached hydrogen (secondary N) is 1. The summed E-state index contributed by atoms with van der Waals surface area (Å²) in [6.45, 7) is 0.816. The lowest BCUT2D eigenvalue weighted by Crippen LogP contribution is -2.33. The van der Waals surface area contributed by atoms with Crippen LogP contribution in [0.1, 0.15) is 63.4 Å². The molecule has 2 saturated carbocycles. The van der Waals surface area contributed by atoms with Crippen LogP contribution in [0.15, 0.2) is 24.3 Å². The van der Waals surface area contributed by atoms with E-state index in [0.29, 0.717) is 17.8 Å². The summed E-state index contributed by atoms with van der Waals surface area (Å²) >= 11 is 1.08. The molecular weight excluding hydrogens is 358 g/mol. The minimum atomic E-state index is -0.307. The number of imide groups is 1. The third kappa shape index (κ3) is 4.68. The van der Waals surface area contributed by atoms with Gasteiger partial charge in [0, 0.05) is 0 Å². The molecule has 1 aliphatic heterocycles. The van der Waals surface area contributed by atoms with Gasteiger partial charge in [0.25, 0.3) is 5.24 Å². The molecule has 1 aromatic carbocycles. The third-order valence-electron chi connectivity index (χ3n) is 6.55. The van der Waals surface area contributed by atoms with E-state index in [1.165, 1.54) is 57.8 Å². The van der Waals surface area contributed by atoms with Gasteiger partial charge in [-0.2, -0.15) is 0 Å². The first kappa shape index (κ1) is 18.9. The molecule has 2 atom stereocenters. The van der Waals surface area contributed by atoms with Gasteiger partial charge in [-0.1, -0.05) is 49.6 Å². The predicted molar refractivity (Wildman–Crippen MR) is 108 cm³/mol. The molecule has 0 bridgehead atoms. The van der Waals surface area contributed by atoms with Crippen LogP contribution in [0.5, 0.6) is 5.75 Å². The first-order valence-electron chi connectivity index (χ1n) is 10.4. The van der Waals surface area contributed by atoms with Crippen LogP contribution in [-0.4, -0.2) is 23.0 Å². The number of hydrogen-bond acceptors (Lipinski definition) is 4. The normalized spacial score (nSPS) is 27.6. The van der Waals surface area contributed by atoms with Crippen LogP contribution in [0.25, 0.3) is 0 Å². The van der Waals surface area contributed by atoms with Crippen LogP contribution in [0.2, 0.25) is 0 Å². The Hall–Kier alpha value is -1.49. The Morgan fingerprint density at radius 1 is 1.04 bits per heavy atom. The molecule has 2 amide bonds. The molecule has 1 N–H and O–H groups in total. The van der Waals surface area contributed by atoms with Gasteiger partial charge in [-0.3, -0.25) is 14.9 Å². The zero-order chi connectivity index (χ0) is 18.7. The Labute approximate surface area is 165 Å². The molecule has 1 spiro atoms. The molecule has 1 aromatic rings. The Balaban J connectivity index is 1.27. The van der Waals surface area contributed by atoms with Crippen LogP contribution < -0.4 is 10.1 Å². The quantitative estimate of drug-likeness (QED) is 0.764. The highest BCUT2D eigenvalue weighted by Gasteiger charge is 2.37. The standard InChI is InChI=1S/C22H29NO3S/c24-20-19(27-21(25)23-20)13-16-6-8-18(9-7-16)26-15-17-5-4-12-22(14-17)10-2-1-3-11-22/h6-9,17,19H,1-5,10-15H2,(H,23,24,25). The molecule has 0 radical (unpaired) electrons. The lowest BCUT2D eigenvalue weighted by Gasteiger charge is -2.43. The summed E-state index contributed by atoms with van der Waals surface area (Å²) in [5.74, 6) is 1.40. The van der Waals surface area contributed by atoms with Crippen LogP contribution in [0.4, 0.5) is 4.79 Å². The third-order valence-corrected chi connectivity index (χ3v) is 7.53. The average molecular weight is 388 g/mol. The SMILES string of the molecule is O=C1NC(=O)C(Cc2ccc(OCC3CCCC4(CCCCC4)C3)cc2)S1. The first-order chi connectivity index (χ1) is 13.1. The number of ether oxygens (including phenoxy) is 1. The molecule has 2 aliphatic carbocycles. The minimum Gasteiger partial charge on any atom is -0.493 e. The molecule has 1 heterocycles. The maximum absolute atomic E-state index is 11.7. The van der Waals surface area contributed by atoms with Crippen LogP contribution in [-0.2, 0) is 11.2 Å². The van der Waals surface area contributed by atoms with Crippen LogP contribution in [0.3, 0.4) is 0 Å². The molecular formula is C22H29NO3S. The van der Waals surface area contributed by atoms with Crippen molar-refractivity contribution in [1.29, 1.82) is 0 Å². The molecule has 1 saturated heterocycles. The predicted octanol–water partition coefficient (Wildman–Crippen LogP) is 5.10. The molecule has 27 heavy (non-hydrogen) atoms. The Morgan fingerprint density at radius 3 is 2.48 bits per heavy atom. The number of thioether (sulfide) groups is 1. The van der Waals surface area contributed by atoms with Crippen LogP contribution >= 0.6 is 11.8 Å². The first-order valence-corrected chi connectivity index (χ1v) is 11.2. The molecule has 4 nitrogen and oxygen atoms in total. The second-order valence-corrected chi connectivity index (χ2v) is 9.74. The van der Waals surface area contributed by atoms with Crippen molar-refractivity contribution in [2.45, 2.75) is 69.5 Å². The zero-order valence-electron chi connectivity index (χ0n) is 15.9. The van der Waals surface area contributed by atoms with Crippen molar-refractivity contribution >= 4 is 22.9 Å². The summed E-state index contributed by atoms with van der Waals surface area (Å²) in [5, 5.41) is 1.79. The van der Waals surface area contributed by atoms with E-state index in [9.17, 15) is 9.59 Å². The highest BCUT2D eigenvalue weighted by atomic mass is 32.2. The van der Waals surface area contributed by atoms with E-state index in [-0.39, 0.29) is 16.4 Å². The van der Waals surface area contributed by atoms with E-state index in [1.54, 1.807) is 0 Å². The highest BCUT2D eigenvalue weighted by Crippen LogP contribution is 2.49. The summed E-state index contributed by atoms with van der Waals surface area (Å²) in [6, 6.07) is 8.01. The molecule has 2 unspecified atom stereocenters. The van der Waals surface area contributed by atoms with Crippen LogP contribution in [0, 0.1) is 11.3 Å². The summed E-state index contributed by atoms with van der Waals surface area (Å²) in [6.07, 6.45) is 13.1. The fourth-order valence-corrected chi connectivity index (χ4v) is 6.02. The average Bonchev–Trinajstić information content (AvgIpc) is 2.99. The van der Waals surface area contributed by atoms with Gasteiger partial charge in [0.15, 0.2) is 0 Å². The smallest absolute Gasteiger partial charge is 0.286 e. The molecule has 0 aromatic heterocycles. The van der Waals surface area contributed by atoms with Crippen molar-refractivity contribution in [2.24, 2.45) is 11.3 Å². The van der Waals surface area contributed by atoms with Crippen molar-refractivity contribution in [2.75, 3.05) is 6.61 Å². The van der Waals surface area contributed by atoms with Gasteiger partial charge in [-0.05, 0) is 67.6 Å². The molecule has 146 valence electrons. The Bertz CT molecular complexity index is 676. The van der Waals surface area contributed by atoms with Crippen molar-refractivity contribution in [3.05, 3.63) is 29.8 Å². The molecule has 5 heteroatoms. The van der Waals surface area contributed by atoms with E-state index in [4.69, 9.17) is 4.74 Å². The number of carbonyl (C=O) groups is 2. The number of hydrogen-bond donors (Lipinski definition) is 1. The van der Waals surface area contributed by atoms with Gasteiger partial charge in [0.1, 0.15) is 5.75 Å². The summed E-state index contributed by atoms with van der Waals surface area (Å²) in [7, 11) is 0. The lowest BCUT2D eigenvalue weighted by atomic mass is 9.63. The van der Waals surface area contributed by atoms with E-state index in [2.05, 4.69) is 5.32 Å². The number of carbonyl (C=O) groups excluding carboxylic acids is 2. The number of rotatable bonds is 5. The van der Waals surface area contributed by atoms with E-state index in [0.717, 1.165) is 29.7 Å². The molecule has 3 fully saturated rings. The largest absolute Gasteiger partial charge is 0.493 e. The maximum Gasteiger partial charge on any atom is 0.286 e. The highest BCUT2D eigenvalue weighted by molar-refractivity contribution is 8.15. The van der Waals surface area contributed by atoms with Crippen molar-refractivity contribution in [3.8, 4) is 5.75 Å². The monoisotopic (exact) mass is 387 g/mol. The molecule has 3 aliphatic rings. The van der Waals surface area contributed by atoms with Gasteiger partial charge in [-0.15, -0.1) is 0 Å². The van der Waals surface area contributed by atoms with Gasteiger partial charge in [0.2, 0.25) is 5.91 Å². The second-order valence-electron chi connectivity index (χ2n) is 8.57. The maximum atomic E-state index is 11.7. The zero-order valence-corrected chi connectivity index (χ0v) is 16.7. The second kappa shape index (κ2) is 8.26. The Kier molecular flexibility index (Phi) is 5.76. The van der Waals surface area contributed by atoms with E-state index in [1.807, 2.05) is 24.3 Å². The fourth-order valence-electron chi connectivity index (χ4n) is 5.16. The Morgan fingerprint density at radius 2 is 1.78 bits per heavy atom. The van der Waals surface area contributed by atoms with Gasteiger partial charge in [0.05, 0.1) is 11.9 Å². The fraction of sp³-hybridized carbons (Fsp3) is 0.636. The van der Waals surface area contributed by atoms with E-state index < -0.39 is 0 Å². The summed E-state index contributed by atoms with van der Waals surface area (Å²) in [5.41, 5.74) is 1.68. The lowest BCUT2D eigenvalue weighted by molar-refractivity contribution is -0.118. The van der Waals surface area contributed by atoms with Crippen molar-refractivity contribution in [1.82, 2.24) is 5.32 Å². The topological polar surface area (TPSA) is 55.4 Å².